The van der Waals surface area contributed by atoms with Gasteiger partial charge in [0.05, 0.1) is 23.8 Å². The van der Waals surface area contributed by atoms with Crippen molar-refractivity contribution < 1.29 is 19.1 Å². The average Bonchev–Trinajstić information content (AvgIpc) is 2.94. The largest absolute Gasteiger partial charge is 0.493 e. The molecule has 0 saturated heterocycles. The van der Waals surface area contributed by atoms with Gasteiger partial charge < -0.3 is 10.1 Å². The van der Waals surface area contributed by atoms with Gasteiger partial charge in [0.15, 0.2) is 0 Å². The fourth-order valence-electron chi connectivity index (χ4n) is 3.93. The van der Waals surface area contributed by atoms with E-state index in [4.69, 9.17) is 4.74 Å². The van der Waals surface area contributed by atoms with Gasteiger partial charge in [-0.2, -0.15) is 0 Å². The third-order valence-electron chi connectivity index (χ3n) is 5.28. The van der Waals surface area contributed by atoms with E-state index in [0.29, 0.717) is 24.2 Å². The number of carbonyl (C=O) groups is 3. The van der Waals surface area contributed by atoms with E-state index in [1.165, 1.54) is 0 Å². The third-order valence-corrected chi connectivity index (χ3v) is 5.28. The standard InChI is InChI=1S/C22H22N2O4/c1-13(2)19(24-21(26)14-7-3-4-8-15(14)22(24)27)20(25)23-17-11-12-28-18-10-6-5-9-16(17)18/h3-10,13,17,19H,11-12H2,1-2H3,(H,23,25)/t17-,19+/m1/s1. The van der Waals surface area contributed by atoms with Gasteiger partial charge in [-0.25, -0.2) is 0 Å². The summed E-state index contributed by atoms with van der Waals surface area (Å²) in [7, 11) is 0. The fourth-order valence-corrected chi connectivity index (χ4v) is 3.93. The highest BCUT2D eigenvalue weighted by Gasteiger charge is 2.44. The summed E-state index contributed by atoms with van der Waals surface area (Å²) < 4.78 is 5.65. The molecule has 2 aliphatic rings. The molecule has 2 heterocycles. The lowest BCUT2D eigenvalue weighted by Crippen LogP contribution is -2.53. The van der Waals surface area contributed by atoms with Crippen molar-refractivity contribution in [2.24, 2.45) is 5.92 Å². The first-order valence-electron chi connectivity index (χ1n) is 9.48. The zero-order valence-electron chi connectivity index (χ0n) is 15.8. The summed E-state index contributed by atoms with van der Waals surface area (Å²) in [6.07, 6.45) is 0.635. The summed E-state index contributed by atoms with van der Waals surface area (Å²) in [5, 5.41) is 3.04. The molecule has 0 saturated carbocycles. The number of imide groups is 1. The number of fused-ring (bicyclic) bond motifs is 2. The van der Waals surface area contributed by atoms with Crippen LogP contribution in [0.3, 0.4) is 0 Å². The molecule has 6 nitrogen and oxygen atoms in total. The minimum absolute atomic E-state index is 0.214. The Kier molecular flexibility index (Phi) is 4.63. The minimum atomic E-state index is -0.873. The van der Waals surface area contributed by atoms with Gasteiger partial charge in [-0.05, 0) is 24.1 Å². The van der Waals surface area contributed by atoms with E-state index in [1.54, 1.807) is 24.3 Å². The maximum atomic E-state index is 13.2. The monoisotopic (exact) mass is 378 g/mol. The van der Waals surface area contributed by atoms with Crippen molar-refractivity contribution in [2.45, 2.75) is 32.4 Å². The normalized spacial score (nSPS) is 19.1. The van der Waals surface area contributed by atoms with Crippen molar-refractivity contribution in [1.29, 1.82) is 0 Å². The predicted molar refractivity (Wildman–Crippen MR) is 103 cm³/mol. The molecule has 2 aromatic rings. The lowest BCUT2D eigenvalue weighted by Gasteiger charge is -2.32. The van der Waals surface area contributed by atoms with Gasteiger partial charge in [-0.1, -0.05) is 44.2 Å². The van der Waals surface area contributed by atoms with Crippen LogP contribution in [0.5, 0.6) is 5.75 Å². The van der Waals surface area contributed by atoms with Crippen LogP contribution in [0.2, 0.25) is 0 Å². The Labute approximate surface area is 163 Å². The zero-order valence-corrected chi connectivity index (χ0v) is 15.8. The first kappa shape index (κ1) is 18.2. The molecule has 3 amide bonds. The molecule has 0 spiro atoms. The quantitative estimate of drug-likeness (QED) is 0.830. The smallest absolute Gasteiger partial charge is 0.262 e. The number of para-hydroxylation sites is 1. The summed E-state index contributed by atoms with van der Waals surface area (Å²) in [5.74, 6) is -0.631. The molecular formula is C22H22N2O4. The molecule has 0 radical (unpaired) electrons. The third kappa shape index (κ3) is 2.95. The topological polar surface area (TPSA) is 75.7 Å². The van der Waals surface area contributed by atoms with Gasteiger partial charge in [-0.15, -0.1) is 0 Å². The molecule has 0 aliphatic carbocycles. The summed E-state index contributed by atoms with van der Waals surface area (Å²) in [4.78, 5) is 40.0. The van der Waals surface area contributed by atoms with E-state index < -0.39 is 17.9 Å². The number of benzene rings is 2. The maximum absolute atomic E-state index is 13.2. The molecule has 0 bridgehead atoms. The number of rotatable bonds is 4. The highest BCUT2D eigenvalue weighted by molar-refractivity contribution is 6.22. The van der Waals surface area contributed by atoms with Crippen molar-refractivity contribution in [3.63, 3.8) is 0 Å². The molecule has 0 unspecified atom stereocenters. The summed E-state index contributed by atoms with van der Waals surface area (Å²) in [6, 6.07) is 13.2. The van der Waals surface area contributed by atoms with Crippen LogP contribution in [-0.2, 0) is 4.79 Å². The van der Waals surface area contributed by atoms with Gasteiger partial charge in [0, 0.05) is 12.0 Å². The highest BCUT2D eigenvalue weighted by Crippen LogP contribution is 2.33. The number of ether oxygens (including phenoxy) is 1. The van der Waals surface area contributed by atoms with Gasteiger partial charge >= 0.3 is 0 Å². The molecule has 0 aromatic heterocycles. The van der Waals surface area contributed by atoms with Gasteiger partial charge in [0.1, 0.15) is 11.8 Å². The van der Waals surface area contributed by atoms with Crippen molar-refractivity contribution >= 4 is 17.7 Å². The minimum Gasteiger partial charge on any atom is -0.493 e. The average molecular weight is 378 g/mol. The molecule has 0 fully saturated rings. The number of nitrogens with one attached hydrogen (secondary N) is 1. The summed E-state index contributed by atoms with van der Waals surface area (Å²) in [5.41, 5.74) is 1.61. The van der Waals surface area contributed by atoms with Crippen LogP contribution in [0.4, 0.5) is 0 Å². The molecular weight excluding hydrogens is 356 g/mol. The van der Waals surface area contributed by atoms with E-state index in [9.17, 15) is 14.4 Å². The van der Waals surface area contributed by atoms with Crippen molar-refractivity contribution in [3.8, 4) is 5.75 Å². The second-order valence-corrected chi connectivity index (χ2v) is 7.45. The van der Waals surface area contributed by atoms with Crippen LogP contribution < -0.4 is 10.1 Å². The lowest BCUT2D eigenvalue weighted by molar-refractivity contribution is -0.127. The Morgan fingerprint density at radius 1 is 1.04 bits per heavy atom. The van der Waals surface area contributed by atoms with E-state index >= 15 is 0 Å². The number of carbonyl (C=O) groups excluding carboxylic acids is 3. The van der Waals surface area contributed by atoms with Crippen molar-refractivity contribution in [3.05, 3.63) is 65.2 Å². The van der Waals surface area contributed by atoms with E-state index in [2.05, 4.69) is 5.32 Å². The van der Waals surface area contributed by atoms with E-state index in [1.807, 2.05) is 38.1 Å². The van der Waals surface area contributed by atoms with Crippen LogP contribution in [0.1, 0.15) is 52.6 Å². The summed E-state index contributed by atoms with van der Waals surface area (Å²) in [6.45, 7) is 4.18. The SMILES string of the molecule is CC(C)[C@@H](C(=O)N[C@@H]1CCOc2ccccc21)N1C(=O)c2ccccc2C1=O. The Hall–Kier alpha value is -3.15. The lowest BCUT2D eigenvalue weighted by atomic mass is 9.97. The first-order chi connectivity index (χ1) is 13.5. The molecule has 6 heteroatoms. The zero-order chi connectivity index (χ0) is 19.8. The van der Waals surface area contributed by atoms with Crippen molar-refractivity contribution in [1.82, 2.24) is 10.2 Å². The van der Waals surface area contributed by atoms with Crippen LogP contribution in [-0.4, -0.2) is 35.3 Å². The summed E-state index contributed by atoms with van der Waals surface area (Å²) >= 11 is 0. The Morgan fingerprint density at radius 3 is 2.29 bits per heavy atom. The number of amides is 3. The molecule has 2 aromatic carbocycles. The van der Waals surface area contributed by atoms with Crippen LogP contribution >= 0.6 is 0 Å². The molecule has 144 valence electrons. The number of hydrogen-bond donors (Lipinski definition) is 1. The molecule has 1 N–H and O–H groups in total. The molecule has 2 atom stereocenters. The van der Waals surface area contributed by atoms with Gasteiger partial charge in [0.25, 0.3) is 11.8 Å². The highest BCUT2D eigenvalue weighted by atomic mass is 16.5. The van der Waals surface area contributed by atoms with Crippen LogP contribution in [0.25, 0.3) is 0 Å². The maximum Gasteiger partial charge on any atom is 0.262 e. The van der Waals surface area contributed by atoms with Crippen LogP contribution in [0, 0.1) is 5.92 Å². The molecule has 2 aliphatic heterocycles. The second kappa shape index (κ2) is 7.11. The first-order valence-corrected chi connectivity index (χ1v) is 9.48. The second-order valence-electron chi connectivity index (χ2n) is 7.45. The Bertz CT molecular complexity index is 918. The van der Waals surface area contributed by atoms with Gasteiger partial charge in [-0.3, -0.25) is 19.3 Å². The Morgan fingerprint density at radius 2 is 1.64 bits per heavy atom. The number of nitrogens with zero attached hydrogens (tertiary/aromatic N) is 1. The van der Waals surface area contributed by atoms with E-state index in [0.717, 1.165) is 16.2 Å². The predicted octanol–water partition coefficient (Wildman–Crippen LogP) is 2.95. The van der Waals surface area contributed by atoms with Crippen LogP contribution in [0.15, 0.2) is 48.5 Å². The molecule has 28 heavy (non-hydrogen) atoms. The Balaban J connectivity index is 1.61. The number of hydrogen-bond acceptors (Lipinski definition) is 4. The van der Waals surface area contributed by atoms with Gasteiger partial charge in [0.2, 0.25) is 5.91 Å². The van der Waals surface area contributed by atoms with Crippen molar-refractivity contribution in [2.75, 3.05) is 6.61 Å². The molecule has 4 rings (SSSR count). The fraction of sp³-hybridized carbons (Fsp3) is 0.318. The van der Waals surface area contributed by atoms with E-state index in [-0.39, 0.29) is 17.9 Å².